The van der Waals surface area contributed by atoms with Crippen molar-refractivity contribution in [2.75, 3.05) is 49.6 Å². The Hall–Kier alpha value is -4.18. The third-order valence-corrected chi connectivity index (χ3v) is 9.48. The lowest BCUT2D eigenvalue weighted by atomic mass is 9.92. The van der Waals surface area contributed by atoms with Crippen molar-refractivity contribution in [1.29, 1.82) is 0 Å². The third kappa shape index (κ3) is 6.36. The number of piperidine rings is 1. The van der Waals surface area contributed by atoms with Crippen LogP contribution in [-0.4, -0.2) is 73.7 Å². The van der Waals surface area contributed by atoms with Crippen LogP contribution >= 0.6 is 0 Å². The van der Waals surface area contributed by atoms with Crippen molar-refractivity contribution in [3.8, 4) is 5.75 Å². The van der Waals surface area contributed by atoms with Crippen LogP contribution in [0.25, 0.3) is 0 Å². The molecule has 0 bridgehead atoms. The molecule has 4 heterocycles. The minimum atomic E-state index is -0.180. The second kappa shape index (κ2) is 13.2. The van der Waals surface area contributed by atoms with Crippen LogP contribution in [0.2, 0.25) is 0 Å². The van der Waals surface area contributed by atoms with Crippen LogP contribution in [-0.2, 0) is 0 Å². The van der Waals surface area contributed by atoms with Gasteiger partial charge in [0, 0.05) is 68.3 Å². The number of piperazine rings is 1. The Morgan fingerprint density at radius 2 is 1.77 bits per heavy atom. The maximum atomic E-state index is 13.2. The summed E-state index contributed by atoms with van der Waals surface area (Å²) in [6, 6.07) is 13.7. The van der Waals surface area contributed by atoms with Crippen LogP contribution in [0.15, 0.2) is 54.9 Å². The molecule has 4 atom stereocenters. The molecule has 2 saturated heterocycles. The van der Waals surface area contributed by atoms with Crippen molar-refractivity contribution >= 4 is 23.5 Å². The van der Waals surface area contributed by atoms with Gasteiger partial charge in [-0.15, -0.1) is 0 Å². The number of fused-ring (bicyclic) bond motifs is 1. The quantitative estimate of drug-likeness (QED) is 0.359. The summed E-state index contributed by atoms with van der Waals surface area (Å²) in [5, 5.41) is 9.74. The highest BCUT2D eigenvalue weighted by Gasteiger charge is 2.41. The van der Waals surface area contributed by atoms with Crippen LogP contribution in [0.4, 0.5) is 11.6 Å². The topological polar surface area (TPSA) is 112 Å². The number of benzene rings is 1. The first kappa shape index (κ1) is 29.9. The number of methoxy groups -OCH3 is 1. The summed E-state index contributed by atoms with van der Waals surface area (Å²) in [5.74, 6) is 2.86. The van der Waals surface area contributed by atoms with Crippen molar-refractivity contribution in [3.05, 3.63) is 77.1 Å². The number of ether oxygens (including phenoxy) is 1. The lowest BCUT2D eigenvalue weighted by Gasteiger charge is -2.38. The van der Waals surface area contributed by atoms with E-state index in [2.05, 4.69) is 30.7 Å². The summed E-state index contributed by atoms with van der Waals surface area (Å²) < 4.78 is 5.41. The number of hydrogen-bond acceptors (Lipinski definition) is 8. The van der Waals surface area contributed by atoms with Gasteiger partial charge in [0.05, 0.1) is 18.7 Å². The van der Waals surface area contributed by atoms with Gasteiger partial charge in [-0.3, -0.25) is 9.59 Å². The predicted octanol–water partition coefficient (Wildman–Crippen LogP) is 3.87. The Kier molecular flexibility index (Phi) is 8.97. The molecule has 4 unspecified atom stereocenters. The zero-order chi connectivity index (χ0) is 30.6. The molecule has 1 saturated carbocycles. The molecule has 3 aromatic rings. The summed E-state index contributed by atoms with van der Waals surface area (Å²) in [4.78, 5) is 40.3. The number of anilines is 2. The van der Waals surface area contributed by atoms with E-state index in [4.69, 9.17) is 9.72 Å². The third-order valence-electron chi connectivity index (χ3n) is 9.48. The lowest BCUT2D eigenvalue weighted by molar-refractivity contribution is 0.0929. The van der Waals surface area contributed by atoms with E-state index in [9.17, 15) is 9.59 Å². The molecule has 2 aromatic heterocycles. The van der Waals surface area contributed by atoms with Crippen molar-refractivity contribution in [1.82, 2.24) is 25.9 Å². The zero-order valence-corrected chi connectivity index (χ0v) is 25.9. The lowest BCUT2D eigenvalue weighted by Crippen LogP contribution is -2.43. The second-order valence-corrected chi connectivity index (χ2v) is 12.2. The SMILES string of the molecule is COc1cccc(C(=O)NC2CC3CCCN(c4ccc(C(=O)NC(C)c5ccc(N6CCNCC6)nc5)cn4)C3C2)c1C. The molecule has 2 aliphatic heterocycles. The Bertz CT molecular complexity index is 1460. The average molecular weight is 598 g/mol. The van der Waals surface area contributed by atoms with Crippen molar-refractivity contribution in [2.24, 2.45) is 5.92 Å². The molecule has 3 N–H and O–H groups in total. The molecule has 10 nitrogen and oxygen atoms in total. The number of carbonyl (C=O) groups is 2. The fourth-order valence-electron chi connectivity index (χ4n) is 7.02. The van der Waals surface area contributed by atoms with Crippen molar-refractivity contribution in [2.45, 2.75) is 57.7 Å². The summed E-state index contributed by atoms with van der Waals surface area (Å²) in [5.41, 5.74) is 3.01. The molecule has 3 fully saturated rings. The summed E-state index contributed by atoms with van der Waals surface area (Å²) in [7, 11) is 1.62. The van der Waals surface area contributed by atoms with Gasteiger partial charge in [-0.05, 0) is 81.3 Å². The zero-order valence-electron chi connectivity index (χ0n) is 25.9. The van der Waals surface area contributed by atoms with E-state index in [1.807, 2.05) is 62.5 Å². The van der Waals surface area contributed by atoms with Crippen molar-refractivity contribution in [3.63, 3.8) is 0 Å². The van der Waals surface area contributed by atoms with E-state index in [-0.39, 0.29) is 23.9 Å². The number of hydrogen-bond donors (Lipinski definition) is 3. The van der Waals surface area contributed by atoms with Crippen LogP contribution in [0.1, 0.15) is 70.5 Å². The molecule has 0 spiro atoms. The largest absolute Gasteiger partial charge is 0.496 e. The van der Waals surface area contributed by atoms with Crippen LogP contribution in [0.5, 0.6) is 5.75 Å². The first-order chi connectivity index (χ1) is 21.4. The smallest absolute Gasteiger partial charge is 0.253 e. The first-order valence-electron chi connectivity index (χ1n) is 15.8. The van der Waals surface area contributed by atoms with E-state index in [1.165, 1.54) is 0 Å². The fourth-order valence-corrected chi connectivity index (χ4v) is 7.02. The van der Waals surface area contributed by atoms with Crippen LogP contribution < -0.4 is 30.5 Å². The van der Waals surface area contributed by atoms with Crippen LogP contribution in [0.3, 0.4) is 0 Å². The Balaban J connectivity index is 1.05. The maximum absolute atomic E-state index is 13.2. The Morgan fingerprint density at radius 3 is 2.50 bits per heavy atom. The number of pyridine rings is 2. The van der Waals surface area contributed by atoms with Gasteiger partial charge in [0.2, 0.25) is 0 Å². The number of nitrogens with zero attached hydrogens (tertiary/aromatic N) is 4. The number of rotatable bonds is 8. The number of nitrogens with one attached hydrogen (secondary N) is 3. The molecule has 3 aliphatic rings. The first-order valence-corrected chi connectivity index (χ1v) is 15.8. The Labute approximate surface area is 259 Å². The molecular weight excluding hydrogens is 554 g/mol. The van der Waals surface area contributed by atoms with E-state index in [1.54, 1.807) is 13.3 Å². The highest BCUT2D eigenvalue weighted by Crippen LogP contribution is 2.39. The predicted molar refractivity (Wildman–Crippen MR) is 172 cm³/mol. The molecule has 1 aliphatic carbocycles. The summed E-state index contributed by atoms with van der Waals surface area (Å²) in [6.07, 6.45) is 7.59. The van der Waals surface area contributed by atoms with Gasteiger partial charge in [-0.1, -0.05) is 12.1 Å². The highest BCUT2D eigenvalue weighted by molar-refractivity contribution is 5.96. The molecule has 0 radical (unpaired) electrons. The number of aromatic nitrogens is 2. The molecule has 6 rings (SSSR count). The molecular formula is C34H43N7O3. The Morgan fingerprint density at radius 1 is 0.977 bits per heavy atom. The molecule has 44 heavy (non-hydrogen) atoms. The van der Waals surface area contributed by atoms with Gasteiger partial charge in [-0.25, -0.2) is 9.97 Å². The molecule has 1 aromatic carbocycles. The van der Waals surface area contributed by atoms with E-state index >= 15 is 0 Å². The molecule has 2 amide bonds. The van der Waals surface area contributed by atoms with E-state index in [0.717, 1.165) is 86.9 Å². The highest BCUT2D eigenvalue weighted by atomic mass is 16.5. The standard InChI is InChI=1S/C34H43N7O3/c1-22-28(7-4-8-30(22)44-3)34(43)39-27-18-24-6-5-15-41(29(24)19-27)32-12-10-26(21-37-32)33(42)38-23(2)25-9-11-31(36-20-25)40-16-13-35-14-17-40/h4,7-12,20-21,23-24,27,29,35H,5-6,13-19H2,1-3H3,(H,38,42)(H,39,43). The fraction of sp³-hybridized carbons (Fsp3) is 0.471. The van der Waals surface area contributed by atoms with Gasteiger partial charge in [0.25, 0.3) is 11.8 Å². The van der Waals surface area contributed by atoms with Crippen molar-refractivity contribution < 1.29 is 14.3 Å². The minimum absolute atomic E-state index is 0.0504. The summed E-state index contributed by atoms with van der Waals surface area (Å²) in [6.45, 7) is 8.63. The maximum Gasteiger partial charge on any atom is 0.253 e. The van der Waals surface area contributed by atoms with Gasteiger partial charge < -0.3 is 30.5 Å². The monoisotopic (exact) mass is 597 g/mol. The summed E-state index contributed by atoms with van der Waals surface area (Å²) >= 11 is 0. The van der Waals surface area contributed by atoms with Gasteiger partial charge in [0.15, 0.2) is 0 Å². The second-order valence-electron chi connectivity index (χ2n) is 12.2. The normalized spacial score (nSPS) is 22.2. The van der Waals surface area contributed by atoms with E-state index < -0.39 is 0 Å². The minimum Gasteiger partial charge on any atom is -0.496 e. The number of amides is 2. The van der Waals surface area contributed by atoms with Gasteiger partial charge >= 0.3 is 0 Å². The molecule has 232 valence electrons. The average Bonchev–Trinajstić information content (AvgIpc) is 3.48. The van der Waals surface area contributed by atoms with Crippen LogP contribution in [0, 0.1) is 12.8 Å². The van der Waals surface area contributed by atoms with Gasteiger partial charge in [-0.2, -0.15) is 0 Å². The number of carbonyl (C=O) groups excluding carboxylic acids is 2. The van der Waals surface area contributed by atoms with Gasteiger partial charge in [0.1, 0.15) is 17.4 Å². The molecule has 10 heteroatoms. The van der Waals surface area contributed by atoms with E-state index in [0.29, 0.717) is 23.1 Å².